The van der Waals surface area contributed by atoms with Crippen LogP contribution in [-0.4, -0.2) is 12.9 Å². The number of rotatable bonds is 4. The van der Waals surface area contributed by atoms with Crippen LogP contribution in [0.1, 0.15) is 49.9 Å². The molecule has 1 nitrogen and oxygen atoms in total. The van der Waals surface area contributed by atoms with Gasteiger partial charge in [-0.15, -0.1) is 11.6 Å². The van der Waals surface area contributed by atoms with Crippen LogP contribution in [0.2, 0.25) is 0 Å². The van der Waals surface area contributed by atoms with Crippen LogP contribution in [0.4, 0.5) is 0 Å². The molecule has 1 unspecified atom stereocenters. The number of hydrogen-bond donors (Lipinski definition) is 1. The lowest BCUT2D eigenvalue weighted by molar-refractivity contribution is 0.563. The Balaban J connectivity index is 3.13. The van der Waals surface area contributed by atoms with E-state index in [9.17, 15) is 0 Å². The van der Waals surface area contributed by atoms with Gasteiger partial charge in [0.15, 0.2) is 0 Å². The SMILES string of the molecule is CNC(CCCl)c1cc(C(C)(C)C)ccc1C. The largest absolute Gasteiger partial charge is 0.313 e. The van der Waals surface area contributed by atoms with E-state index in [0.717, 1.165) is 6.42 Å². The summed E-state index contributed by atoms with van der Waals surface area (Å²) in [5.41, 5.74) is 4.29. The molecule has 0 aliphatic heterocycles. The zero-order valence-corrected chi connectivity index (χ0v) is 12.4. The topological polar surface area (TPSA) is 12.0 Å². The highest BCUT2D eigenvalue weighted by molar-refractivity contribution is 6.17. The van der Waals surface area contributed by atoms with Crippen molar-refractivity contribution in [2.24, 2.45) is 0 Å². The molecule has 17 heavy (non-hydrogen) atoms. The summed E-state index contributed by atoms with van der Waals surface area (Å²) in [6.45, 7) is 8.91. The van der Waals surface area contributed by atoms with Gasteiger partial charge in [-0.2, -0.15) is 0 Å². The van der Waals surface area contributed by atoms with Crippen LogP contribution >= 0.6 is 11.6 Å². The molecule has 2 heteroatoms. The second-order valence-corrected chi connectivity index (χ2v) is 6.02. The van der Waals surface area contributed by atoms with Gasteiger partial charge in [-0.3, -0.25) is 0 Å². The minimum Gasteiger partial charge on any atom is -0.313 e. The number of aryl methyl sites for hydroxylation is 1. The molecule has 0 aliphatic rings. The lowest BCUT2D eigenvalue weighted by Crippen LogP contribution is -2.19. The summed E-state index contributed by atoms with van der Waals surface area (Å²) in [6, 6.07) is 7.12. The van der Waals surface area contributed by atoms with Crippen molar-refractivity contribution in [1.82, 2.24) is 5.32 Å². The van der Waals surface area contributed by atoms with Gasteiger partial charge in [0.25, 0.3) is 0 Å². The normalized spacial score (nSPS) is 13.8. The number of hydrogen-bond acceptors (Lipinski definition) is 1. The molecule has 0 saturated heterocycles. The van der Waals surface area contributed by atoms with Gasteiger partial charge in [-0.1, -0.05) is 39.0 Å². The Morgan fingerprint density at radius 3 is 2.41 bits per heavy atom. The van der Waals surface area contributed by atoms with Gasteiger partial charge in [0.2, 0.25) is 0 Å². The summed E-state index contributed by atoms with van der Waals surface area (Å²) in [5.74, 6) is 0.685. The zero-order valence-electron chi connectivity index (χ0n) is 11.6. The molecule has 0 spiro atoms. The van der Waals surface area contributed by atoms with Crippen molar-refractivity contribution in [2.75, 3.05) is 12.9 Å². The van der Waals surface area contributed by atoms with Gasteiger partial charge in [0.05, 0.1) is 0 Å². The molecule has 1 aromatic rings. The summed E-state index contributed by atoms with van der Waals surface area (Å²) in [7, 11) is 2.00. The van der Waals surface area contributed by atoms with Crippen LogP contribution in [0.15, 0.2) is 18.2 Å². The molecule has 0 heterocycles. The van der Waals surface area contributed by atoms with E-state index in [-0.39, 0.29) is 5.41 Å². The van der Waals surface area contributed by atoms with Gasteiger partial charge in [0.1, 0.15) is 0 Å². The Labute approximate surface area is 111 Å². The second-order valence-electron chi connectivity index (χ2n) is 5.64. The van der Waals surface area contributed by atoms with Crippen LogP contribution in [0.5, 0.6) is 0 Å². The Kier molecular flexibility index (Phi) is 5.03. The molecule has 0 saturated carbocycles. The molecule has 0 radical (unpaired) electrons. The van der Waals surface area contributed by atoms with E-state index < -0.39 is 0 Å². The van der Waals surface area contributed by atoms with Crippen molar-refractivity contribution in [3.05, 3.63) is 34.9 Å². The maximum absolute atomic E-state index is 5.87. The highest BCUT2D eigenvalue weighted by Crippen LogP contribution is 2.28. The van der Waals surface area contributed by atoms with Gasteiger partial charge < -0.3 is 5.32 Å². The minimum absolute atomic E-state index is 0.196. The smallest absolute Gasteiger partial charge is 0.0331 e. The molecule has 1 aromatic carbocycles. The molecule has 0 bridgehead atoms. The Morgan fingerprint density at radius 2 is 1.94 bits per heavy atom. The van der Waals surface area contributed by atoms with Crippen molar-refractivity contribution in [2.45, 2.75) is 45.6 Å². The van der Waals surface area contributed by atoms with Crippen LogP contribution in [-0.2, 0) is 5.41 Å². The van der Waals surface area contributed by atoms with Crippen LogP contribution in [0.25, 0.3) is 0 Å². The Morgan fingerprint density at radius 1 is 1.29 bits per heavy atom. The molecular weight excluding hydrogens is 230 g/mol. The summed E-state index contributed by atoms with van der Waals surface area (Å²) >= 11 is 5.87. The molecule has 1 N–H and O–H groups in total. The Bertz CT molecular complexity index is 366. The summed E-state index contributed by atoms with van der Waals surface area (Å²) < 4.78 is 0. The zero-order chi connectivity index (χ0) is 13.1. The molecule has 0 amide bonds. The quantitative estimate of drug-likeness (QED) is 0.794. The van der Waals surface area contributed by atoms with E-state index in [2.05, 4.69) is 51.2 Å². The molecule has 0 aliphatic carbocycles. The first-order valence-corrected chi connectivity index (χ1v) is 6.78. The molecule has 96 valence electrons. The van der Waals surface area contributed by atoms with Crippen molar-refractivity contribution < 1.29 is 0 Å². The van der Waals surface area contributed by atoms with Crippen LogP contribution < -0.4 is 5.32 Å². The van der Waals surface area contributed by atoms with Gasteiger partial charge in [-0.05, 0) is 42.5 Å². The second kappa shape index (κ2) is 5.88. The number of benzene rings is 1. The number of alkyl halides is 1. The first-order chi connectivity index (χ1) is 7.90. The predicted molar refractivity (Wildman–Crippen MR) is 77.0 cm³/mol. The number of nitrogens with one attached hydrogen (secondary N) is 1. The van der Waals surface area contributed by atoms with Gasteiger partial charge in [-0.25, -0.2) is 0 Å². The average molecular weight is 254 g/mol. The van der Waals surface area contributed by atoms with Gasteiger partial charge >= 0.3 is 0 Å². The maximum atomic E-state index is 5.87. The third kappa shape index (κ3) is 3.72. The fourth-order valence-corrected chi connectivity index (χ4v) is 2.27. The standard InChI is InChI=1S/C15H24ClN/c1-11-6-7-12(15(2,3)4)10-13(11)14(17-5)8-9-16/h6-7,10,14,17H,8-9H2,1-5H3. The summed E-state index contributed by atoms with van der Waals surface area (Å²) in [4.78, 5) is 0. The monoisotopic (exact) mass is 253 g/mol. The molecule has 1 rings (SSSR count). The van der Waals surface area contributed by atoms with Crippen molar-refractivity contribution in [3.8, 4) is 0 Å². The fourth-order valence-electron chi connectivity index (χ4n) is 2.05. The van der Waals surface area contributed by atoms with Crippen molar-refractivity contribution >= 4 is 11.6 Å². The first-order valence-electron chi connectivity index (χ1n) is 6.24. The third-order valence-electron chi connectivity index (χ3n) is 3.27. The summed E-state index contributed by atoms with van der Waals surface area (Å²) in [5, 5.41) is 3.35. The van der Waals surface area contributed by atoms with Crippen LogP contribution in [0, 0.1) is 6.92 Å². The van der Waals surface area contributed by atoms with E-state index in [4.69, 9.17) is 11.6 Å². The molecule has 1 atom stereocenters. The van der Waals surface area contributed by atoms with E-state index in [0.29, 0.717) is 11.9 Å². The number of halogens is 1. The fraction of sp³-hybridized carbons (Fsp3) is 0.600. The molecule has 0 fully saturated rings. The lowest BCUT2D eigenvalue weighted by Gasteiger charge is -2.24. The maximum Gasteiger partial charge on any atom is 0.0331 e. The molecule has 0 aromatic heterocycles. The minimum atomic E-state index is 0.196. The third-order valence-corrected chi connectivity index (χ3v) is 3.49. The van der Waals surface area contributed by atoms with E-state index in [1.165, 1.54) is 16.7 Å². The Hall–Kier alpha value is -0.530. The summed E-state index contributed by atoms with van der Waals surface area (Å²) in [6.07, 6.45) is 0.965. The van der Waals surface area contributed by atoms with Crippen LogP contribution in [0.3, 0.4) is 0 Å². The highest BCUT2D eigenvalue weighted by Gasteiger charge is 2.17. The first kappa shape index (κ1) is 14.5. The lowest BCUT2D eigenvalue weighted by atomic mass is 9.84. The van der Waals surface area contributed by atoms with Gasteiger partial charge in [0, 0.05) is 11.9 Å². The molecular formula is C15H24ClN. The van der Waals surface area contributed by atoms with E-state index in [1.807, 2.05) is 7.05 Å². The van der Waals surface area contributed by atoms with Crippen molar-refractivity contribution in [3.63, 3.8) is 0 Å². The van der Waals surface area contributed by atoms with E-state index in [1.54, 1.807) is 0 Å². The average Bonchev–Trinajstić information content (AvgIpc) is 2.25. The predicted octanol–water partition coefficient (Wildman–Crippen LogP) is 4.18. The van der Waals surface area contributed by atoms with Crippen molar-refractivity contribution in [1.29, 1.82) is 0 Å². The van der Waals surface area contributed by atoms with E-state index >= 15 is 0 Å². The highest BCUT2D eigenvalue weighted by atomic mass is 35.5.